The monoisotopic (exact) mass is 702 g/mol. The molecular weight excluding hydrogens is 645 g/mol. The third-order valence-corrected chi connectivity index (χ3v) is 16.4. The molecule has 2 aliphatic heterocycles. The highest BCUT2D eigenvalue weighted by Gasteiger charge is 2.56. The summed E-state index contributed by atoms with van der Waals surface area (Å²) >= 11 is 0. The van der Waals surface area contributed by atoms with Crippen LogP contribution in [-0.4, -0.2) is 65.5 Å². The van der Waals surface area contributed by atoms with Crippen LogP contribution >= 0.6 is 0 Å². The summed E-state index contributed by atoms with van der Waals surface area (Å²) in [5.41, 5.74) is -6.87. The van der Waals surface area contributed by atoms with Gasteiger partial charge in [0.1, 0.15) is 6.10 Å². The van der Waals surface area contributed by atoms with Crippen molar-refractivity contribution in [1.82, 2.24) is 0 Å². The van der Waals surface area contributed by atoms with E-state index >= 15 is 0 Å². The molecule has 0 aromatic carbocycles. The number of carbonyl (C=O) groups excluding carboxylic acids is 1. The molecule has 2 aliphatic rings. The molecule has 0 aliphatic carbocycles. The van der Waals surface area contributed by atoms with Gasteiger partial charge in [-0.25, -0.2) is 0 Å². The van der Waals surface area contributed by atoms with Crippen molar-refractivity contribution in [1.29, 1.82) is 0 Å². The van der Waals surface area contributed by atoms with E-state index in [0.717, 1.165) is 0 Å². The summed E-state index contributed by atoms with van der Waals surface area (Å²) in [7, 11) is -8.57. The van der Waals surface area contributed by atoms with Gasteiger partial charge in [0.25, 0.3) is 5.95 Å². The molecule has 0 radical (unpaired) electrons. The Hall–Kier alpha value is -1.35. The molecule has 14 heteroatoms. The second-order valence-corrected chi connectivity index (χ2v) is 22.5. The van der Waals surface area contributed by atoms with Crippen LogP contribution < -0.4 is 0 Å². The maximum Gasteiger partial charge on any atom is 0.534 e. The van der Waals surface area contributed by atoms with E-state index in [0.29, 0.717) is 0 Å². The lowest BCUT2D eigenvalue weighted by molar-refractivity contribution is -0.197. The van der Waals surface area contributed by atoms with Crippen LogP contribution in [0.1, 0.15) is 109 Å². The van der Waals surface area contributed by atoms with Crippen LogP contribution in [0.3, 0.4) is 0 Å². The zero-order valence-electron chi connectivity index (χ0n) is 29.9. The summed E-state index contributed by atoms with van der Waals surface area (Å²) in [6.45, 7) is 25.2. The fourth-order valence-electron chi connectivity index (χ4n) is 6.47. The lowest BCUT2D eigenvalue weighted by Gasteiger charge is -2.47. The molecule has 0 aromatic rings. The van der Waals surface area contributed by atoms with Crippen molar-refractivity contribution in [2.45, 2.75) is 149 Å². The molecule has 2 rings (SSSR count). The van der Waals surface area contributed by atoms with Crippen molar-refractivity contribution < 1.29 is 53.9 Å². The minimum Gasteiger partial charge on any atom is -0.465 e. The van der Waals surface area contributed by atoms with Crippen LogP contribution in [0.5, 0.6) is 0 Å². The lowest BCUT2D eigenvalue weighted by atomic mass is 9.83. The molecule has 0 aromatic heterocycles. The Morgan fingerprint density at radius 1 is 0.978 bits per heavy atom. The third-order valence-electron chi connectivity index (χ3n) is 9.40. The topological polar surface area (TPSA) is 107 Å². The molecule has 46 heavy (non-hydrogen) atoms. The van der Waals surface area contributed by atoms with Gasteiger partial charge in [0.15, 0.2) is 11.4 Å². The largest absolute Gasteiger partial charge is 0.534 e. The summed E-state index contributed by atoms with van der Waals surface area (Å²) in [5.74, 6) is -2.51. The molecule has 0 bridgehead atoms. The van der Waals surface area contributed by atoms with Crippen LogP contribution in [0.2, 0.25) is 16.6 Å². The van der Waals surface area contributed by atoms with Gasteiger partial charge in [-0.05, 0) is 82.3 Å². The Bertz CT molecular complexity index is 1170. The number of ether oxygens (including phenoxy) is 4. The second kappa shape index (κ2) is 14.6. The number of rotatable bonds is 14. The first-order chi connectivity index (χ1) is 20.7. The molecule has 1 saturated heterocycles. The highest BCUT2D eigenvalue weighted by molar-refractivity contribution is 7.87. The number of alkyl halides is 3. The Morgan fingerprint density at radius 3 is 1.96 bits per heavy atom. The Balaban J connectivity index is 2.56. The maximum absolute atomic E-state index is 13.6. The highest BCUT2D eigenvalue weighted by atomic mass is 32.2. The molecule has 270 valence electrons. The van der Waals surface area contributed by atoms with Gasteiger partial charge >= 0.3 is 21.6 Å². The quantitative estimate of drug-likeness (QED) is 0.0766. The predicted molar refractivity (Wildman–Crippen MR) is 171 cm³/mol. The number of halogens is 3. The summed E-state index contributed by atoms with van der Waals surface area (Å²) in [5, 5.41) is 0. The van der Waals surface area contributed by atoms with Gasteiger partial charge in [-0.3, -0.25) is 4.79 Å². The van der Waals surface area contributed by atoms with Gasteiger partial charge < -0.3 is 27.6 Å². The van der Waals surface area contributed by atoms with Crippen LogP contribution in [0.4, 0.5) is 13.2 Å². The average molecular weight is 703 g/mol. The van der Waals surface area contributed by atoms with Crippen LogP contribution in [-0.2, 0) is 42.5 Å². The van der Waals surface area contributed by atoms with Crippen LogP contribution in [0.15, 0.2) is 11.5 Å². The standard InChI is InChI=1S/C32H57F3O9SSi/c1-20(2)46(21(3)4,22(5)6)41-19-31(26-18-40-30(12,13)42-26)15-14-25(27(43-31)44-45(37,38)32(33,34)35)16-23(7)24(8)17-39-28(36)29(9,10)11/h20-24,26H,14-19H2,1-13H3/t23-,24-,26-,31+/m0/s1. The smallest absolute Gasteiger partial charge is 0.465 e. The Morgan fingerprint density at radius 2 is 1.52 bits per heavy atom. The lowest BCUT2D eigenvalue weighted by Crippen LogP contribution is -2.57. The normalized spacial score (nSPS) is 24.4. The first kappa shape index (κ1) is 40.8. The van der Waals surface area contributed by atoms with Crippen molar-refractivity contribution in [3.05, 3.63) is 11.5 Å². The van der Waals surface area contributed by atoms with E-state index in [1.54, 1.807) is 34.6 Å². The fourth-order valence-corrected chi connectivity index (χ4v) is 12.4. The van der Waals surface area contributed by atoms with Gasteiger partial charge in [-0.2, -0.15) is 21.6 Å². The Kier molecular flexibility index (Phi) is 13.0. The van der Waals surface area contributed by atoms with E-state index < -0.39 is 52.8 Å². The molecule has 0 N–H and O–H groups in total. The molecule has 4 atom stereocenters. The number of hydrogen-bond acceptors (Lipinski definition) is 9. The van der Waals surface area contributed by atoms with E-state index in [9.17, 15) is 26.4 Å². The van der Waals surface area contributed by atoms with Crippen LogP contribution in [0, 0.1) is 17.3 Å². The summed E-state index contributed by atoms with van der Waals surface area (Å²) in [6.07, 6.45) is -0.179. The van der Waals surface area contributed by atoms with Gasteiger partial charge in [-0.15, -0.1) is 0 Å². The summed E-state index contributed by atoms with van der Waals surface area (Å²) in [6, 6.07) is 0. The number of hydrogen-bond donors (Lipinski definition) is 0. The van der Waals surface area contributed by atoms with E-state index in [-0.39, 0.29) is 79.1 Å². The number of esters is 1. The van der Waals surface area contributed by atoms with E-state index in [4.69, 9.17) is 27.6 Å². The van der Waals surface area contributed by atoms with E-state index in [1.807, 2.05) is 13.8 Å². The molecule has 1 fully saturated rings. The number of allylic oxidation sites excluding steroid dienone is 1. The molecule has 0 unspecified atom stereocenters. The molecule has 2 heterocycles. The highest BCUT2D eigenvalue weighted by Crippen LogP contribution is 2.47. The maximum atomic E-state index is 13.6. The average Bonchev–Trinajstić information content (AvgIpc) is 3.26. The van der Waals surface area contributed by atoms with Crippen molar-refractivity contribution >= 4 is 24.4 Å². The SMILES string of the molecule is CC(C)[Si](OC[C@@]1([C@@H]2COC(C)(C)O2)CCC(C[C@H](C)[C@@H](C)COC(=O)C(C)(C)C)=C(OS(=O)(=O)C(F)(F)F)O1)(C(C)C)C(C)C. The van der Waals surface area contributed by atoms with E-state index in [1.165, 1.54) is 0 Å². The summed E-state index contributed by atoms with van der Waals surface area (Å²) < 4.78 is 101. The van der Waals surface area contributed by atoms with Crippen LogP contribution in [0.25, 0.3) is 0 Å². The van der Waals surface area contributed by atoms with Gasteiger partial charge in [0.05, 0.1) is 25.2 Å². The summed E-state index contributed by atoms with van der Waals surface area (Å²) in [4.78, 5) is 12.3. The number of carbonyl (C=O) groups is 1. The first-order valence-corrected chi connectivity index (χ1v) is 19.8. The predicted octanol–water partition coefficient (Wildman–Crippen LogP) is 8.21. The minimum atomic E-state index is -6.06. The van der Waals surface area contributed by atoms with Crippen molar-refractivity contribution in [2.24, 2.45) is 17.3 Å². The van der Waals surface area contributed by atoms with E-state index in [2.05, 4.69) is 41.5 Å². The molecule has 0 saturated carbocycles. The fraction of sp³-hybridized carbons (Fsp3) is 0.906. The van der Waals surface area contributed by atoms with Gasteiger partial charge in [0, 0.05) is 5.57 Å². The molecule has 9 nitrogen and oxygen atoms in total. The molecule has 0 amide bonds. The zero-order chi connectivity index (χ0) is 35.7. The Labute approximate surface area is 275 Å². The second-order valence-electron chi connectivity index (χ2n) is 15.5. The third kappa shape index (κ3) is 9.41. The first-order valence-electron chi connectivity index (χ1n) is 16.3. The van der Waals surface area contributed by atoms with Crippen molar-refractivity contribution in [3.8, 4) is 0 Å². The van der Waals surface area contributed by atoms with Crippen molar-refractivity contribution in [2.75, 3.05) is 19.8 Å². The molecule has 0 spiro atoms. The molecular formula is C32H57F3O9SSi. The van der Waals surface area contributed by atoms with Gasteiger partial charge in [0.2, 0.25) is 8.32 Å². The zero-order valence-corrected chi connectivity index (χ0v) is 31.7. The van der Waals surface area contributed by atoms with Gasteiger partial charge in [-0.1, -0.05) is 55.4 Å². The minimum absolute atomic E-state index is 0.0429. The van der Waals surface area contributed by atoms with Crippen molar-refractivity contribution in [3.63, 3.8) is 0 Å².